The number of rotatable bonds is 7. The van der Waals surface area contributed by atoms with Gasteiger partial charge in [-0.1, -0.05) is 28.9 Å². The Bertz CT molecular complexity index is 616. The van der Waals surface area contributed by atoms with E-state index in [-0.39, 0.29) is 18.0 Å². The van der Waals surface area contributed by atoms with Gasteiger partial charge >= 0.3 is 0 Å². The Balaban J connectivity index is 3.42. The first-order valence-corrected chi connectivity index (χ1v) is 8.12. The maximum absolute atomic E-state index is 12.5. The lowest BCUT2D eigenvalue weighted by molar-refractivity contribution is -0.387. The van der Waals surface area contributed by atoms with Crippen molar-refractivity contribution >= 4 is 31.6 Å². The molecule has 8 heteroatoms. The lowest BCUT2D eigenvalue weighted by Crippen LogP contribution is -2.32. The Kier molecular flexibility index (Phi) is 5.85. The molecule has 0 radical (unpaired) electrons. The second-order valence-corrected chi connectivity index (χ2v) is 6.84. The third-order valence-electron chi connectivity index (χ3n) is 2.54. The number of nitro groups is 1. The summed E-state index contributed by atoms with van der Waals surface area (Å²) in [4.78, 5) is 10.00. The molecule has 0 fully saturated rings. The van der Waals surface area contributed by atoms with Crippen LogP contribution in [0.4, 0.5) is 5.69 Å². The molecule has 0 saturated heterocycles. The van der Waals surface area contributed by atoms with Crippen LogP contribution in [0.25, 0.3) is 0 Å². The van der Waals surface area contributed by atoms with Crippen LogP contribution in [0.5, 0.6) is 0 Å². The number of hydrogen-bond acceptors (Lipinski definition) is 4. The van der Waals surface area contributed by atoms with E-state index in [1.807, 2.05) is 6.92 Å². The fourth-order valence-corrected chi connectivity index (χ4v) is 3.89. The van der Waals surface area contributed by atoms with E-state index in [9.17, 15) is 18.5 Å². The largest absolute Gasteiger partial charge is 0.289 e. The highest BCUT2D eigenvalue weighted by molar-refractivity contribution is 9.10. The second kappa shape index (κ2) is 6.96. The van der Waals surface area contributed by atoms with Crippen LogP contribution >= 0.6 is 15.9 Å². The standard InChI is InChI=1S/C12H15BrN2O4S/c1-3-7-14(8-4-2)20(18,19)12-9-10(13)5-6-11(12)15(16)17/h3,5-6,9H,1,4,7-8H2,2H3. The van der Waals surface area contributed by atoms with Crippen molar-refractivity contribution in [1.29, 1.82) is 0 Å². The van der Waals surface area contributed by atoms with Gasteiger partial charge in [-0.2, -0.15) is 4.31 Å². The normalized spacial score (nSPS) is 11.6. The number of nitrogens with zero attached hydrogens (tertiary/aromatic N) is 2. The summed E-state index contributed by atoms with van der Waals surface area (Å²) >= 11 is 3.14. The van der Waals surface area contributed by atoms with Gasteiger partial charge in [0.05, 0.1) is 4.92 Å². The molecule has 0 aliphatic heterocycles. The SMILES string of the molecule is C=CCN(CCC)S(=O)(=O)c1cc(Br)ccc1[N+](=O)[O-]. The van der Waals surface area contributed by atoms with Crippen LogP contribution in [0.2, 0.25) is 0 Å². The summed E-state index contributed by atoms with van der Waals surface area (Å²) in [7, 11) is -3.93. The second-order valence-electron chi connectivity index (χ2n) is 4.02. The van der Waals surface area contributed by atoms with Gasteiger partial charge in [-0.25, -0.2) is 8.42 Å². The first-order chi connectivity index (χ1) is 9.34. The van der Waals surface area contributed by atoms with Gasteiger partial charge in [-0.15, -0.1) is 6.58 Å². The molecule has 1 rings (SSSR count). The van der Waals surface area contributed by atoms with E-state index < -0.39 is 20.6 Å². The molecule has 110 valence electrons. The van der Waals surface area contributed by atoms with Crippen molar-refractivity contribution in [1.82, 2.24) is 4.31 Å². The van der Waals surface area contributed by atoms with E-state index in [4.69, 9.17) is 0 Å². The smallest absolute Gasteiger partial charge is 0.258 e. The zero-order valence-electron chi connectivity index (χ0n) is 11.0. The maximum Gasteiger partial charge on any atom is 0.289 e. The molecular weight excluding hydrogens is 348 g/mol. The molecule has 0 aliphatic carbocycles. The average Bonchev–Trinajstić information content (AvgIpc) is 2.38. The minimum Gasteiger partial charge on any atom is -0.258 e. The van der Waals surface area contributed by atoms with E-state index in [1.54, 1.807) is 0 Å². The third-order valence-corrected chi connectivity index (χ3v) is 4.93. The van der Waals surface area contributed by atoms with E-state index >= 15 is 0 Å². The number of halogens is 1. The van der Waals surface area contributed by atoms with Crippen molar-refractivity contribution in [3.63, 3.8) is 0 Å². The van der Waals surface area contributed by atoms with Crippen molar-refractivity contribution in [2.24, 2.45) is 0 Å². The summed E-state index contributed by atoms with van der Waals surface area (Å²) in [6, 6.07) is 3.86. The molecule has 0 aliphatic rings. The minimum absolute atomic E-state index is 0.111. The number of nitro benzene ring substituents is 1. The zero-order chi connectivity index (χ0) is 15.3. The summed E-state index contributed by atoms with van der Waals surface area (Å²) in [6.45, 7) is 5.74. The summed E-state index contributed by atoms with van der Waals surface area (Å²) in [5.41, 5.74) is -0.432. The van der Waals surface area contributed by atoms with Gasteiger partial charge in [-0.3, -0.25) is 10.1 Å². The van der Waals surface area contributed by atoms with Crippen LogP contribution in [0.1, 0.15) is 13.3 Å². The molecule has 0 bridgehead atoms. The van der Waals surface area contributed by atoms with E-state index in [0.717, 1.165) is 0 Å². The lowest BCUT2D eigenvalue weighted by atomic mass is 10.3. The molecular formula is C12H15BrN2O4S. The van der Waals surface area contributed by atoms with Crippen molar-refractivity contribution in [3.05, 3.63) is 45.4 Å². The van der Waals surface area contributed by atoms with Gasteiger partial charge in [0.1, 0.15) is 0 Å². The molecule has 1 aromatic carbocycles. The number of hydrogen-bond donors (Lipinski definition) is 0. The van der Waals surface area contributed by atoms with Gasteiger partial charge in [0.15, 0.2) is 4.90 Å². The van der Waals surface area contributed by atoms with Gasteiger partial charge in [0, 0.05) is 23.6 Å². The monoisotopic (exact) mass is 362 g/mol. The Morgan fingerprint density at radius 3 is 2.65 bits per heavy atom. The summed E-state index contributed by atoms with van der Waals surface area (Å²) in [5.74, 6) is 0. The van der Waals surface area contributed by atoms with Gasteiger partial charge < -0.3 is 0 Å². The molecule has 0 N–H and O–H groups in total. The van der Waals surface area contributed by atoms with Crippen LogP contribution in [0.3, 0.4) is 0 Å². The molecule has 0 spiro atoms. The van der Waals surface area contributed by atoms with E-state index in [1.165, 1.54) is 28.6 Å². The van der Waals surface area contributed by atoms with Crippen LogP contribution in [-0.2, 0) is 10.0 Å². The van der Waals surface area contributed by atoms with E-state index in [0.29, 0.717) is 10.9 Å². The molecule has 0 saturated carbocycles. The van der Waals surface area contributed by atoms with Gasteiger partial charge in [-0.05, 0) is 18.6 Å². The predicted octanol–water partition coefficient (Wildman–Crippen LogP) is 2.94. The molecule has 0 amide bonds. The highest BCUT2D eigenvalue weighted by atomic mass is 79.9. The van der Waals surface area contributed by atoms with Crippen LogP contribution in [0.15, 0.2) is 40.2 Å². The first-order valence-electron chi connectivity index (χ1n) is 5.89. The van der Waals surface area contributed by atoms with Crippen molar-refractivity contribution in [2.45, 2.75) is 18.2 Å². The molecule has 0 unspecified atom stereocenters. The summed E-state index contributed by atoms with van der Waals surface area (Å²) in [5, 5.41) is 11.0. The first kappa shape index (κ1) is 16.8. The van der Waals surface area contributed by atoms with Gasteiger partial charge in [0.25, 0.3) is 5.69 Å². The van der Waals surface area contributed by atoms with Crippen LogP contribution in [0, 0.1) is 10.1 Å². The molecule has 1 aromatic rings. The van der Waals surface area contributed by atoms with Crippen molar-refractivity contribution < 1.29 is 13.3 Å². The Labute approximate surface area is 126 Å². The van der Waals surface area contributed by atoms with Crippen LogP contribution < -0.4 is 0 Å². The molecule has 6 nitrogen and oxygen atoms in total. The maximum atomic E-state index is 12.5. The Hall–Kier alpha value is -1.25. The van der Waals surface area contributed by atoms with E-state index in [2.05, 4.69) is 22.5 Å². The zero-order valence-corrected chi connectivity index (χ0v) is 13.4. The highest BCUT2D eigenvalue weighted by Gasteiger charge is 2.30. The Morgan fingerprint density at radius 1 is 1.50 bits per heavy atom. The van der Waals surface area contributed by atoms with Crippen LogP contribution in [-0.4, -0.2) is 30.7 Å². The van der Waals surface area contributed by atoms with Crippen molar-refractivity contribution in [3.8, 4) is 0 Å². The molecule has 0 heterocycles. The number of sulfonamides is 1. The summed E-state index contributed by atoms with van der Waals surface area (Å²) in [6.07, 6.45) is 2.06. The molecule has 0 atom stereocenters. The highest BCUT2D eigenvalue weighted by Crippen LogP contribution is 2.29. The third kappa shape index (κ3) is 3.65. The minimum atomic E-state index is -3.93. The summed E-state index contributed by atoms with van der Waals surface area (Å²) < 4.78 is 26.7. The van der Waals surface area contributed by atoms with Crippen molar-refractivity contribution in [2.75, 3.05) is 13.1 Å². The van der Waals surface area contributed by atoms with Gasteiger partial charge in [0.2, 0.25) is 10.0 Å². The molecule has 0 aromatic heterocycles. The average molecular weight is 363 g/mol. The number of benzene rings is 1. The lowest BCUT2D eigenvalue weighted by Gasteiger charge is -2.20. The fourth-order valence-electron chi connectivity index (χ4n) is 1.69. The topological polar surface area (TPSA) is 80.5 Å². The fraction of sp³-hybridized carbons (Fsp3) is 0.333. The Morgan fingerprint density at radius 2 is 2.15 bits per heavy atom. The quantitative estimate of drug-likeness (QED) is 0.424. The molecule has 20 heavy (non-hydrogen) atoms. The predicted molar refractivity (Wildman–Crippen MR) is 80.0 cm³/mol.